The molecule has 8 heteroatoms. The first-order chi connectivity index (χ1) is 13.8. The van der Waals surface area contributed by atoms with Gasteiger partial charge in [-0.1, -0.05) is 18.2 Å². The smallest absolute Gasteiger partial charge is 0.407 e. The van der Waals surface area contributed by atoms with Crippen molar-refractivity contribution in [2.24, 2.45) is 4.99 Å². The molecule has 1 amide bonds. The number of rotatable bonds is 5. The fourth-order valence-corrected chi connectivity index (χ4v) is 3.52. The lowest BCUT2D eigenvalue weighted by Gasteiger charge is -2.23. The molecule has 166 valence electrons. The summed E-state index contributed by atoms with van der Waals surface area (Å²) < 4.78 is 5.36. The maximum atomic E-state index is 12.0. The molecule has 3 N–H and O–H groups in total. The Morgan fingerprint density at radius 1 is 1.33 bits per heavy atom. The van der Waals surface area contributed by atoms with Crippen LogP contribution in [0.3, 0.4) is 0 Å². The summed E-state index contributed by atoms with van der Waals surface area (Å²) in [4.78, 5) is 22.5. The molecule has 1 fully saturated rings. The van der Waals surface area contributed by atoms with Gasteiger partial charge in [-0.25, -0.2) is 4.79 Å². The number of para-hydroxylation sites is 1. The number of nitrogens with zero attached hydrogens (tertiary/aromatic N) is 2. The van der Waals surface area contributed by atoms with E-state index in [0.29, 0.717) is 6.54 Å². The van der Waals surface area contributed by atoms with Crippen molar-refractivity contribution in [3.8, 4) is 0 Å². The SMILES string of the molecule is CCNC(=NCCc1cc2ccccc2[nH]1)N1CC[C@@H](NC(=O)OC(C)(C)C)C1.I. The van der Waals surface area contributed by atoms with E-state index in [9.17, 15) is 4.79 Å². The topological polar surface area (TPSA) is 81.8 Å². The normalized spacial score (nSPS) is 17.0. The molecule has 0 unspecified atom stereocenters. The fraction of sp³-hybridized carbons (Fsp3) is 0.545. The number of H-pyrrole nitrogens is 1. The Kier molecular flexibility index (Phi) is 8.81. The molecule has 0 aliphatic carbocycles. The van der Waals surface area contributed by atoms with Crippen LogP contribution in [-0.4, -0.2) is 59.8 Å². The lowest BCUT2D eigenvalue weighted by atomic mass is 10.2. The van der Waals surface area contributed by atoms with Gasteiger partial charge in [0.2, 0.25) is 0 Å². The number of ether oxygens (including phenoxy) is 1. The Morgan fingerprint density at radius 3 is 2.80 bits per heavy atom. The number of benzene rings is 1. The molecule has 2 heterocycles. The lowest BCUT2D eigenvalue weighted by Crippen LogP contribution is -2.44. The molecule has 1 aliphatic heterocycles. The molecule has 1 aromatic carbocycles. The quantitative estimate of drug-likeness (QED) is 0.313. The molecule has 0 bridgehead atoms. The number of guanidine groups is 1. The van der Waals surface area contributed by atoms with Crippen LogP contribution in [0.1, 0.15) is 39.8 Å². The van der Waals surface area contributed by atoms with E-state index in [-0.39, 0.29) is 36.1 Å². The van der Waals surface area contributed by atoms with Crippen molar-refractivity contribution < 1.29 is 9.53 Å². The largest absolute Gasteiger partial charge is 0.444 e. The van der Waals surface area contributed by atoms with Crippen LogP contribution in [0.5, 0.6) is 0 Å². The Hall–Kier alpha value is -1.97. The highest BCUT2D eigenvalue weighted by Gasteiger charge is 2.27. The second kappa shape index (κ2) is 10.9. The summed E-state index contributed by atoms with van der Waals surface area (Å²) in [6.45, 7) is 10.8. The van der Waals surface area contributed by atoms with Crippen LogP contribution in [0.25, 0.3) is 10.9 Å². The second-order valence-corrected chi connectivity index (χ2v) is 8.45. The van der Waals surface area contributed by atoms with Gasteiger partial charge >= 0.3 is 6.09 Å². The standard InChI is InChI=1S/C22H33N5O2.HI/c1-5-23-20(24-12-10-17-14-16-8-6-7-9-19(16)25-17)27-13-11-18(15-27)26-21(28)29-22(2,3)4;/h6-9,14,18,25H,5,10-13,15H2,1-4H3,(H,23,24)(H,26,28);1H/t18-;/m1./s1. The lowest BCUT2D eigenvalue weighted by molar-refractivity contribution is 0.0507. The van der Waals surface area contributed by atoms with Crippen LogP contribution in [0.15, 0.2) is 35.3 Å². The van der Waals surface area contributed by atoms with Crippen molar-refractivity contribution in [1.29, 1.82) is 0 Å². The summed E-state index contributed by atoms with van der Waals surface area (Å²) in [6.07, 6.45) is 1.38. The number of amides is 1. The average molecular weight is 527 g/mol. The summed E-state index contributed by atoms with van der Waals surface area (Å²) in [5.41, 5.74) is 1.87. The van der Waals surface area contributed by atoms with Gasteiger partial charge < -0.3 is 25.3 Å². The van der Waals surface area contributed by atoms with Gasteiger partial charge in [0, 0.05) is 43.8 Å². The first-order valence-corrected chi connectivity index (χ1v) is 10.4. The number of aliphatic imine (C=N–C) groups is 1. The molecule has 3 rings (SSSR count). The zero-order chi connectivity index (χ0) is 20.9. The van der Waals surface area contributed by atoms with E-state index in [0.717, 1.165) is 44.0 Å². The van der Waals surface area contributed by atoms with Crippen LogP contribution in [0.4, 0.5) is 4.79 Å². The molecule has 2 aromatic rings. The zero-order valence-corrected chi connectivity index (χ0v) is 20.7. The van der Waals surface area contributed by atoms with Gasteiger partial charge in [0.1, 0.15) is 5.60 Å². The third-order valence-electron chi connectivity index (χ3n) is 4.77. The third-order valence-corrected chi connectivity index (χ3v) is 4.77. The van der Waals surface area contributed by atoms with Crippen molar-refractivity contribution >= 4 is 46.9 Å². The minimum Gasteiger partial charge on any atom is -0.444 e. The van der Waals surface area contributed by atoms with E-state index in [1.807, 2.05) is 26.8 Å². The van der Waals surface area contributed by atoms with Crippen molar-refractivity contribution in [3.05, 3.63) is 36.0 Å². The molecule has 1 aliphatic rings. The van der Waals surface area contributed by atoms with Gasteiger partial charge in [-0.15, -0.1) is 24.0 Å². The van der Waals surface area contributed by atoms with Crippen LogP contribution in [-0.2, 0) is 11.2 Å². The predicted octanol–water partition coefficient (Wildman–Crippen LogP) is 3.89. The number of aromatic amines is 1. The highest BCUT2D eigenvalue weighted by molar-refractivity contribution is 14.0. The molecule has 30 heavy (non-hydrogen) atoms. The number of carbonyl (C=O) groups is 1. The van der Waals surface area contributed by atoms with Crippen molar-refractivity contribution in [2.75, 3.05) is 26.2 Å². The van der Waals surface area contributed by atoms with E-state index in [1.54, 1.807) is 0 Å². The molecule has 7 nitrogen and oxygen atoms in total. The molecular formula is C22H34IN5O2. The van der Waals surface area contributed by atoms with Gasteiger partial charge in [-0.2, -0.15) is 0 Å². The molecule has 0 spiro atoms. The Bertz CT molecular complexity index is 826. The molecule has 0 saturated carbocycles. The maximum absolute atomic E-state index is 12.0. The van der Waals surface area contributed by atoms with Crippen molar-refractivity contribution in [2.45, 2.75) is 52.2 Å². The van der Waals surface area contributed by atoms with E-state index >= 15 is 0 Å². The van der Waals surface area contributed by atoms with Gasteiger partial charge in [-0.05, 0) is 51.6 Å². The minimum absolute atomic E-state index is 0. The van der Waals surface area contributed by atoms with E-state index in [4.69, 9.17) is 9.73 Å². The number of hydrogen-bond donors (Lipinski definition) is 3. The van der Waals surface area contributed by atoms with Crippen LogP contribution in [0, 0.1) is 0 Å². The van der Waals surface area contributed by atoms with Gasteiger partial charge in [0.05, 0.1) is 6.04 Å². The summed E-state index contributed by atoms with van der Waals surface area (Å²) in [7, 11) is 0. The van der Waals surface area contributed by atoms with Crippen molar-refractivity contribution in [1.82, 2.24) is 20.5 Å². The Balaban J connectivity index is 0.00000320. The third kappa shape index (κ3) is 7.07. The van der Waals surface area contributed by atoms with Gasteiger partial charge in [0.25, 0.3) is 0 Å². The van der Waals surface area contributed by atoms with Crippen LogP contribution in [0.2, 0.25) is 0 Å². The number of alkyl carbamates (subject to hydrolysis) is 1. The van der Waals surface area contributed by atoms with Gasteiger partial charge in [-0.3, -0.25) is 4.99 Å². The number of carbonyl (C=O) groups excluding carboxylic acids is 1. The Morgan fingerprint density at radius 2 is 2.10 bits per heavy atom. The molecule has 1 aromatic heterocycles. The van der Waals surface area contributed by atoms with Gasteiger partial charge in [0.15, 0.2) is 5.96 Å². The number of aromatic nitrogens is 1. The summed E-state index contributed by atoms with van der Waals surface area (Å²) >= 11 is 0. The number of halogens is 1. The van der Waals surface area contributed by atoms with E-state index < -0.39 is 5.60 Å². The number of hydrogen-bond acceptors (Lipinski definition) is 3. The van der Waals surface area contributed by atoms with E-state index in [1.165, 1.54) is 11.1 Å². The van der Waals surface area contributed by atoms with E-state index in [2.05, 4.69) is 51.7 Å². The molecule has 1 saturated heterocycles. The maximum Gasteiger partial charge on any atom is 0.407 e. The fourth-order valence-electron chi connectivity index (χ4n) is 3.52. The first kappa shape index (κ1) is 24.3. The molecular weight excluding hydrogens is 493 g/mol. The monoisotopic (exact) mass is 527 g/mol. The Labute approximate surface area is 196 Å². The van der Waals surface area contributed by atoms with Crippen LogP contribution < -0.4 is 10.6 Å². The molecule has 1 atom stereocenters. The number of likely N-dealkylation sites (tertiary alicyclic amines) is 1. The highest BCUT2D eigenvalue weighted by Crippen LogP contribution is 2.15. The average Bonchev–Trinajstić information content (AvgIpc) is 3.25. The molecule has 0 radical (unpaired) electrons. The second-order valence-electron chi connectivity index (χ2n) is 8.45. The first-order valence-electron chi connectivity index (χ1n) is 10.4. The summed E-state index contributed by atoms with van der Waals surface area (Å²) in [6, 6.07) is 10.6. The summed E-state index contributed by atoms with van der Waals surface area (Å²) in [5.74, 6) is 0.900. The number of nitrogens with one attached hydrogen (secondary N) is 3. The highest BCUT2D eigenvalue weighted by atomic mass is 127. The zero-order valence-electron chi connectivity index (χ0n) is 18.3. The van der Waals surface area contributed by atoms with Crippen molar-refractivity contribution in [3.63, 3.8) is 0 Å². The summed E-state index contributed by atoms with van der Waals surface area (Å²) in [5, 5.41) is 7.57. The minimum atomic E-state index is -0.485. The van der Waals surface area contributed by atoms with Crippen LogP contribution >= 0.6 is 24.0 Å². The number of fused-ring (bicyclic) bond motifs is 1. The predicted molar refractivity (Wildman–Crippen MR) is 133 cm³/mol.